The molecule has 2 aliphatic heterocycles. The molecule has 2 atom stereocenters. The van der Waals surface area contributed by atoms with E-state index in [9.17, 15) is 9.18 Å². The molecule has 22 heavy (non-hydrogen) atoms. The molecule has 0 radical (unpaired) electrons. The van der Waals surface area contributed by atoms with Gasteiger partial charge in [0.15, 0.2) is 0 Å². The van der Waals surface area contributed by atoms with E-state index in [1.165, 1.54) is 12.1 Å². The van der Waals surface area contributed by atoms with Gasteiger partial charge in [-0.1, -0.05) is 20.8 Å². The Kier molecular flexibility index (Phi) is 3.51. The highest BCUT2D eigenvalue weighted by molar-refractivity contribution is 5.92. The molecule has 2 N–H and O–H groups in total. The summed E-state index contributed by atoms with van der Waals surface area (Å²) >= 11 is 0. The number of nitrogens with zero attached hydrogens (tertiary/aromatic N) is 1. The lowest BCUT2D eigenvalue weighted by molar-refractivity contribution is -0.0457. The van der Waals surface area contributed by atoms with Crippen LogP contribution in [-0.4, -0.2) is 36.5 Å². The van der Waals surface area contributed by atoms with E-state index in [4.69, 9.17) is 9.84 Å². The van der Waals surface area contributed by atoms with Crippen molar-refractivity contribution in [3.05, 3.63) is 23.5 Å². The van der Waals surface area contributed by atoms with Crippen LogP contribution in [0.2, 0.25) is 0 Å². The maximum Gasteiger partial charge on any atom is 0.338 e. The van der Waals surface area contributed by atoms with Crippen LogP contribution >= 0.6 is 0 Å². The van der Waals surface area contributed by atoms with Gasteiger partial charge in [-0.05, 0) is 12.5 Å². The van der Waals surface area contributed by atoms with Crippen molar-refractivity contribution >= 4 is 17.3 Å². The number of nitrogens with one attached hydrogen (secondary N) is 1. The summed E-state index contributed by atoms with van der Waals surface area (Å²) in [5.41, 5.74) is 0.980. The molecule has 0 spiro atoms. The maximum atomic E-state index is 13.9. The first-order valence-electron chi connectivity index (χ1n) is 7.49. The van der Waals surface area contributed by atoms with Gasteiger partial charge in [-0.25, -0.2) is 9.18 Å². The molecule has 2 aliphatic rings. The molecule has 5 nitrogen and oxygen atoms in total. The highest BCUT2D eigenvalue weighted by Gasteiger charge is 2.39. The average molecular weight is 308 g/mol. The van der Waals surface area contributed by atoms with Crippen LogP contribution in [0.4, 0.5) is 15.8 Å². The second kappa shape index (κ2) is 5.12. The number of carbonyl (C=O) groups is 1. The number of carboxylic acid groups (broad SMARTS) is 1. The molecule has 1 unspecified atom stereocenters. The quantitative estimate of drug-likeness (QED) is 0.899. The summed E-state index contributed by atoms with van der Waals surface area (Å²) < 4.78 is 19.4. The second-order valence-corrected chi connectivity index (χ2v) is 7.00. The minimum atomic E-state index is -1.25. The van der Waals surface area contributed by atoms with Crippen molar-refractivity contribution in [3.63, 3.8) is 0 Å². The van der Waals surface area contributed by atoms with E-state index in [1.54, 1.807) is 0 Å². The molecule has 6 heteroatoms. The van der Waals surface area contributed by atoms with Crippen molar-refractivity contribution < 1.29 is 19.0 Å². The Hall–Kier alpha value is -1.82. The number of hydrogen-bond donors (Lipinski definition) is 2. The van der Waals surface area contributed by atoms with E-state index in [-0.39, 0.29) is 23.2 Å². The highest BCUT2D eigenvalue weighted by atomic mass is 19.1. The summed E-state index contributed by atoms with van der Waals surface area (Å²) in [6, 6.07) is 2.70. The Labute approximate surface area is 129 Å². The summed E-state index contributed by atoms with van der Waals surface area (Å²) in [6.07, 6.45) is 1.11. The summed E-state index contributed by atoms with van der Waals surface area (Å²) in [4.78, 5) is 13.3. The minimum absolute atomic E-state index is 0.0323. The first-order valence-corrected chi connectivity index (χ1v) is 7.49. The van der Waals surface area contributed by atoms with Crippen LogP contribution < -0.4 is 10.2 Å². The Balaban J connectivity index is 2.00. The zero-order valence-corrected chi connectivity index (χ0v) is 13.0. The number of aromatic carboxylic acids is 1. The van der Waals surface area contributed by atoms with E-state index in [1.807, 2.05) is 0 Å². The van der Waals surface area contributed by atoms with Gasteiger partial charge in [0.2, 0.25) is 0 Å². The summed E-state index contributed by atoms with van der Waals surface area (Å²) in [6.45, 7) is 7.73. The Morgan fingerprint density at radius 1 is 1.50 bits per heavy atom. The maximum absolute atomic E-state index is 13.9. The molecule has 1 fully saturated rings. The third kappa shape index (κ3) is 2.52. The van der Waals surface area contributed by atoms with Gasteiger partial charge in [0.25, 0.3) is 0 Å². The number of carboxylic acids is 1. The van der Waals surface area contributed by atoms with Gasteiger partial charge >= 0.3 is 5.97 Å². The van der Waals surface area contributed by atoms with Crippen LogP contribution in [0.1, 0.15) is 37.6 Å². The normalized spacial score (nSPS) is 23.7. The fraction of sp³-hybridized carbons (Fsp3) is 0.562. The van der Waals surface area contributed by atoms with Crippen LogP contribution in [0.5, 0.6) is 0 Å². The Bertz CT molecular complexity index is 608. The van der Waals surface area contributed by atoms with Gasteiger partial charge in [-0.3, -0.25) is 0 Å². The van der Waals surface area contributed by atoms with Crippen molar-refractivity contribution in [1.82, 2.24) is 0 Å². The molecule has 0 aliphatic carbocycles. The molecule has 0 bridgehead atoms. The zero-order chi connectivity index (χ0) is 16.1. The number of fused-ring (bicyclic) bond motifs is 1. The molecule has 2 heterocycles. The van der Waals surface area contributed by atoms with Crippen molar-refractivity contribution in [2.75, 3.05) is 23.4 Å². The lowest BCUT2D eigenvalue weighted by atomic mass is 9.91. The van der Waals surface area contributed by atoms with Gasteiger partial charge < -0.3 is 20.1 Å². The largest absolute Gasteiger partial charge is 0.478 e. The molecular weight excluding hydrogens is 287 g/mol. The minimum Gasteiger partial charge on any atom is -0.478 e. The van der Waals surface area contributed by atoms with Gasteiger partial charge in [-0.15, -0.1) is 0 Å². The number of halogens is 1. The Morgan fingerprint density at radius 3 is 2.68 bits per heavy atom. The van der Waals surface area contributed by atoms with Crippen LogP contribution in [-0.2, 0) is 4.74 Å². The van der Waals surface area contributed by atoms with E-state index >= 15 is 0 Å². The van der Waals surface area contributed by atoms with Crippen molar-refractivity contribution in [3.8, 4) is 0 Å². The first kappa shape index (κ1) is 15.1. The fourth-order valence-electron chi connectivity index (χ4n) is 2.98. The smallest absolute Gasteiger partial charge is 0.338 e. The van der Waals surface area contributed by atoms with Gasteiger partial charge in [0.1, 0.15) is 12.0 Å². The predicted octanol–water partition coefficient (Wildman–Crippen LogP) is 2.92. The molecular formula is C16H21FN2O3. The molecule has 1 saturated heterocycles. The van der Waals surface area contributed by atoms with Crippen LogP contribution in [0.15, 0.2) is 12.1 Å². The SMILES string of the molecule is CC(C)(C)C1Nc2cc(F)c(C(=O)O)cc2N1C[C@@H]1CCO1. The van der Waals surface area contributed by atoms with Crippen molar-refractivity contribution in [2.45, 2.75) is 39.5 Å². The van der Waals surface area contributed by atoms with E-state index in [0.717, 1.165) is 18.7 Å². The van der Waals surface area contributed by atoms with Crippen molar-refractivity contribution in [1.29, 1.82) is 0 Å². The number of ether oxygens (including phenoxy) is 1. The van der Waals surface area contributed by atoms with E-state index < -0.39 is 11.8 Å². The van der Waals surface area contributed by atoms with Gasteiger partial charge in [0.05, 0.1) is 23.0 Å². The van der Waals surface area contributed by atoms with Crippen LogP contribution in [0, 0.1) is 11.2 Å². The number of anilines is 2. The monoisotopic (exact) mass is 308 g/mol. The average Bonchev–Trinajstić information content (AvgIpc) is 2.70. The topological polar surface area (TPSA) is 61.8 Å². The predicted molar refractivity (Wildman–Crippen MR) is 81.9 cm³/mol. The van der Waals surface area contributed by atoms with Crippen molar-refractivity contribution in [2.24, 2.45) is 5.41 Å². The van der Waals surface area contributed by atoms with Crippen LogP contribution in [0.25, 0.3) is 0 Å². The lowest BCUT2D eigenvalue weighted by Crippen LogP contribution is -2.50. The number of hydrogen-bond acceptors (Lipinski definition) is 4. The summed E-state index contributed by atoms with van der Waals surface area (Å²) in [5, 5.41) is 12.5. The second-order valence-electron chi connectivity index (χ2n) is 7.00. The van der Waals surface area contributed by atoms with E-state index in [2.05, 4.69) is 31.0 Å². The molecule has 0 amide bonds. The molecule has 1 aromatic rings. The van der Waals surface area contributed by atoms with Gasteiger partial charge in [0, 0.05) is 24.6 Å². The van der Waals surface area contributed by atoms with E-state index in [0.29, 0.717) is 12.2 Å². The number of rotatable bonds is 3. The summed E-state index contributed by atoms with van der Waals surface area (Å²) in [7, 11) is 0. The Morgan fingerprint density at radius 2 is 2.18 bits per heavy atom. The number of benzene rings is 1. The zero-order valence-electron chi connectivity index (χ0n) is 13.0. The summed E-state index contributed by atoms with van der Waals surface area (Å²) in [5.74, 6) is -1.97. The molecule has 0 aromatic heterocycles. The lowest BCUT2D eigenvalue weighted by Gasteiger charge is -2.40. The standard InChI is InChI=1S/C16H21FN2O3/c1-16(2,3)15-18-12-7-11(17)10(14(20)21)6-13(12)19(15)8-9-4-5-22-9/h6-7,9,15,18H,4-5,8H2,1-3H3,(H,20,21)/t9-,15?/m0/s1. The molecule has 3 rings (SSSR count). The third-order valence-electron chi connectivity index (χ3n) is 4.24. The molecule has 120 valence electrons. The molecule has 1 aromatic carbocycles. The van der Waals surface area contributed by atoms with Gasteiger partial charge in [-0.2, -0.15) is 0 Å². The molecule has 0 saturated carbocycles. The van der Waals surface area contributed by atoms with Crippen LogP contribution in [0.3, 0.4) is 0 Å². The fourth-order valence-corrected chi connectivity index (χ4v) is 2.98. The highest BCUT2D eigenvalue weighted by Crippen LogP contribution is 2.42. The first-order chi connectivity index (χ1) is 10.3. The third-order valence-corrected chi connectivity index (χ3v) is 4.24.